The molecule has 1 fully saturated rings. The Bertz CT molecular complexity index is 365. The van der Waals surface area contributed by atoms with Gasteiger partial charge >= 0.3 is 6.09 Å². The molecule has 1 aliphatic rings. The number of amides is 2. The number of rotatable bonds is 5. The molecule has 1 unspecified atom stereocenters. The lowest BCUT2D eigenvalue weighted by Crippen LogP contribution is -2.45. The van der Waals surface area contributed by atoms with Gasteiger partial charge in [-0.2, -0.15) is 0 Å². The minimum atomic E-state index is -0.576. The van der Waals surface area contributed by atoms with E-state index in [0.29, 0.717) is 19.1 Å². The van der Waals surface area contributed by atoms with Gasteiger partial charge in [0.1, 0.15) is 12.1 Å². The van der Waals surface area contributed by atoms with Crippen molar-refractivity contribution in [2.75, 3.05) is 39.9 Å². The van der Waals surface area contributed by atoms with E-state index >= 15 is 0 Å². The van der Waals surface area contributed by atoms with Crippen molar-refractivity contribution >= 4 is 12.0 Å². The van der Waals surface area contributed by atoms with E-state index in [-0.39, 0.29) is 12.5 Å². The van der Waals surface area contributed by atoms with Gasteiger partial charge in [0.2, 0.25) is 5.91 Å². The Morgan fingerprint density at radius 2 is 2.00 bits per heavy atom. The van der Waals surface area contributed by atoms with Gasteiger partial charge < -0.3 is 14.4 Å². The van der Waals surface area contributed by atoms with Crippen LogP contribution in [0.25, 0.3) is 0 Å². The largest absolute Gasteiger partial charge is 0.444 e. The van der Waals surface area contributed by atoms with Crippen LogP contribution in [0.15, 0.2) is 0 Å². The Kier molecular flexibility index (Phi) is 6.45. The predicted octanol–water partition coefficient (Wildman–Crippen LogP) is 1.74. The maximum atomic E-state index is 12.3. The van der Waals surface area contributed by atoms with Crippen molar-refractivity contribution in [3.8, 4) is 0 Å². The first kappa shape index (κ1) is 17.8. The number of hydrogen-bond acceptors (Lipinski definition) is 4. The molecule has 0 radical (unpaired) electrons. The standard InChI is InChI=1S/C15H28N2O4/c1-12-6-7-16(10-12)13(18)11-17(8-9-20-5)14(19)21-15(2,3)4/h12H,6-11H2,1-5H3. The number of carbonyl (C=O) groups excluding carboxylic acids is 2. The molecule has 0 saturated carbocycles. The zero-order valence-electron chi connectivity index (χ0n) is 13.8. The van der Waals surface area contributed by atoms with E-state index in [9.17, 15) is 9.59 Å². The van der Waals surface area contributed by atoms with Gasteiger partial charge in [-0.05, 0) is 33.1 Å². The highest BCUT2D eigenvalue weighted by molar-refractivity contribution is 5.82. The minimum Gasteiger partial charge on any atom is -0.444 e. The maximum absolute atomic E-state index is 12.3. The quantitative estimate of drug-likeness (QED) is 0.776. The lowest BCUT2D eigenvalue weighted by atomic mass is 10.2. The van der Waals surface area contributed by atoms with Crippen LogP contribution in [0, 0.1) is 5.92 Å². The summed E-state index contributed by atoms with van der Waals surface area (Å²) in [4.78, 5) is 27.7. The van der Waals surface area contributed by atoms with Crippen LogP contribution in [-0.2, 0) is 14.3 Å². The molecule has 0 aromatic heterocycles. The Morgan fingerprint density at radius 1 is 1.33 bits per heavy atom. The molecular weight excluding hydrogens is 272 g/mol. The average Bonchev–Trinajstić information content (AvgIpc) is 2.78. The van der Waals surface area contributed by atoms with E-state index < -0.39 is 11.7 Å². The molecule has 21 heavy (non-hydrogen) atoms. The molecule has 6 nitrogen and oxygen atoms in total. The lowest BCUT2D eigenvalue weighted by molar-refractivity contribution is -0.131. The van der Waals surface area contributed by atoms with Crippen LogP contribution in [0.3, 0.4) is 0 Å². The number of likely N-dealkylation sites (tertiary alicyclic amines) is 1. The Labute approximate surface area is 127 Å². The lowest BCUT2D eigenvalue weighted by Gasteiger charge is -2.28. The monoisotopic (exact) mass is 300 g/mol. The summed E-state index contributed by atoms with van der Waals surface area (Å²) < 4.78 is 10.3. The fraction of sp³-hybridized carbons (Fsp3) is 0.867. The van der Waals surface area contributed by atoms with Crippen molar-refractivity contribution in [1.82, 2.24) is 9.80 Å². The van der Waals surface area contributed by atoms with Gasteiger partial charge in [0.15, 0.2) is 0 Å². The second-order valence-corrected chi connectivity index (χ2v) is 6.63. The van der Waals surface area contributed by atoms with Crippen molar-refractivity contribution in [1.29, 1.82) is 0 Å². The van der Waals surface area contributed by atoms with Gasteiger partial charge in [0, 0.05) is 26.7 Å². The molecule has 1 rings (SSSR count). The minimum absolute atomic E-state index is 0.0266. The topological polar surface area (TPSA) is 59.1 Å². The van der Waals surface area contributed by atoms with E-state index in [4.69, 9.17) is 9.47 Å². The molecule has 2 amide bonds. The normalized spacial score (nSPS) is 18.7. The Balaban J connectivity index is 2.60. The fourth-order valence-corrected chi connectivity index (χ4v) is 2.19. The van der Waals surface area contributed by atoms with Crippen LogP contribution in [0.1, 0.15) is 34.1 Å². The van der Waals surface area contributed by atoms with E-state index in [2.05, 4.69) is 6.92 Å². The first-order valence-corrected chi connectivity index (χ1v) is 7.47. The van der Waals surface area contributed by atoms with Gasteiger partial charge in [0.05, 0.1) is 6.61 Å². The van der Waals surface area contributed by atoms with Gasteiger partial charge in [-0.25, -0.2) is 4.79 Å². The third-order valence-electron chi connectivity index (χ3n) is 3.32. The second kappa shape index (κ2) is 7.64. The molecule has 1 heterocycles. The summed E-state index contributed by atoms with van der Waals surface area (Å²) in [6.07, 6.45) is 0.552. The molecule has 122 valence electrons. The molecule has 0 aromatic rings. The van der Waals surface area contributed by atoms with Gasteiger partial charge in [-0.1, -0.05) is 6.92 Å². The molecule has 1 aliphatic heterocycles. The van der Waals surface area contributed by atoms with Gasteiger partial charge in [-0.15, -0.1) is 0 Å². The molecular formula is C15H28N2O4. The molecule has 0 N–H and O–H groups in total. The SMILES string of the molecule is COCCN(CC(=O)N1CCC(C)C1)C(=O)OC(C)(C)C. The van der Waals surface area contributed by atoms with Crippen LogP contribution in [0.4, 0.5) is 4.79 Å². The van der Waals surface area contributed by atoms with Gasteiger partial charge in [0.25, 0.3) is 0 Å². The fourth-order valence-electron chi connectivity index (χ4n) is 2.19. The summed E-state index contributed by atoms with van der Waals surface area (Å²) in [7, 11) is 1.57. The number of carbonyl (C=O) groups is 2. The maximum Gasteiger partial charge on any atom is 0.410 e. The first-order valence-electron chi connectivity index (χ1n) is 7.47. The van der Waals surface area contributed by atoms with Crippen molar-refractivity contribution in [3.63, 3.8) is 0 Å². The van der Waals surface area contributed by atoms with Crippen LogP contribution in [-0.4, -0.2) is 67.3 Å². The number of methoxy groups -OCH3 is 1. The molecule has 1 saturated heterocycles. The summed E-state index contributed by atoms with van der Waals surface area (Å²) in [6, 6.07) is 0. The van der Waals surface area contributed by atoms with Crippen LogP contribution in [0.2, 0.25) is 0 Å². The first-order chi connectivity index (χ1) is 9.73. The van der Waals surface area contributed by atoms with Crippen LogP contribution < -0.4 is 0 Å². The second-order valence-electron chi connectivity index (χ2n) is 6.63. The van der Waals surface area contributed by atoms with Crippen LogP contribution in [0.5, 0.6) is 0 Å². The highest BCUT2D eigenvalue weighted by Gasteiger charge is 2.28. The smallest absolute Gasteiger partial charge is 0.410 e. The molecule has 0 bridgehead atoms. The molecule has 0 spiro atoms. The summed E-state index contributed by atoms with van der Waals surface area (Å²) in [5, 5.41) is 0. The van der Waals surface area contributed by atoms with E-state index in [0.717, 1.165) is 19.5 Å². The summed E-state index contributed by atoms with van der Waals surface area (Å²) >= 11 is 0. The van der Waals surface area contributed by atoms with Crippen molar-refractivity contribution in [2.24, 2.45) is 5.92 Å². The highest BCUT2D eigenvalue weighted by atomic mass is 16.6. The molecule has 1 atom stereocenters. The summed E-state index contributed by atoms with van der Waals surface area (Å²) in [5.74, 6) is 0.504. The Hall–Kier alpha value is -1.30. The zero-order chi connectivity index (χ0) is 16.0. The average molecular weight is 300 g/mol. The molecule has 6 heteroatoms. The summed E-state index contributed by atoms with van der Waals surface area (Å²) in [5.41, 5.74) is -0.576. The number of hydrogen-bond donors (Lipinski definition) is 0. The molecule has 0 aromatic carbocycles. The van der Waals surface area contributed by atoms with E-state index in [1.54, 1.807) is 7.11 Å². The third-order valence-corrected chi connectivity index (χ3v) is 3.32. The highest BCUT2D eigenvalue weighted by Crippen LogP contribution is 2.16. The number of ether oxygens (including phenoxy) is 2. The third kappa shape index (κ3) is 6.33. The van der Waals surface area contributed by atoms with Crippen molar-refractivity contribution in [2.45, 2.75) is 39.7 Å². The van der Waals surface area contributed by atoms with Crippen molar-refractivity contribution < 1.29 is 19.1 Å². The number of nitrogens with zero attached hydrogens (tertiary/aromatic N) is 2. The predicted molar refractivity (Wildman–Crippen MR) is 80.0 cm³/mol. The molecule has 0 aliphatic carbocycles. The Morgan fingerprint density at radius 3 is 2.48 bits per heavy atom. The van der Waals surface area contributed by atoms with E-state index in [1.165, 1.54) is 4.90 Å². The summed E-state index contributed by atoms with van der Waals surface area (Å²) in [6.45, 7) is 9.87. The van der Waals surface area contributed by atoms with Crippen molar-refractivity contribution in [3.05, 3.63) is 0 Å². The zero-order valence-corrected chi connectivity index (χ0v) is 13.8. The van der Waals surface area contributed by atoms with E-state index in [1.807, 2.05) is 25.7 Å². The van der Waals surface area contributed by atoms with Gasteiger partial charge in [-0.3, -0.25) is 9.69 Å². The van der Waals surface area contributed by atoms with Crippen LogP contribution >= 0.6 is 0 Å².